The fourth-order valence-corrected chi connectivity index (χ4v) is 0.927. The highest BCUT2D eigenvalue weighted by atomic mass is 14.6. The molecule has 0 fully saturated rings. The number of allylic oxidation sites excluding steroid dienone is 3. The molecule has 1 aromatic carbocycles. The Bertz CT molecular complexity index is 283. The molecule has 0 amide bonds. The zero-order chi connectivity index (χ0) is 8.81. The summed E-state index contributed by atoms with van der Waals surface area (Å²) >= 11 is 0. The van der Waals surface area contributed by atoms with Crippen molar-refractivity contribution in [1.29, 1.82) is 0 Å². The predicted molar refractivity (Wildman–Crippen MR) is 53.4 cm³/mol. The van der Waals surface area contributed by atoms with Crippen molar-refractivity contribution in [3.8, 4) is 0 Å². The van der Waals surface area contributed by atoms with Crippen LogP contribution in [0.5, 0.6) is 0 Å². The third-order valence-corrected chi connectivity index (χ3v) is 1.58. The van der Waals surface area contributed by atoms with Gasteiger partial charge in [0.15, 0.2) is 0 Å². The van der Waals surface area contributed by atoms with Gasteiger partial charge in [-0.2, -0.15) is 0 Å². The Labute approximate surface area is 73.2 Å². The van der Waals surface area contributed by atoms with Gasteiger partial charge in [0.25, 0.3) is 0 Å². The molecule has 0 saturated carbocycles. The van der Waals surface area contributed by atoms with E-state index in [1.165, 1.54) is 0 Å². The SMILES string of the molecule is CC=CC=C(N)c1ccccc1. The molecule has 0 spiro atoms. The van der Waals surface area contributed by atoms with Crippen molar-refractivity contribution in [2.45, 2.75) is 6.92 Å². The predicted octanol–water partition coefficient (Wildman–Crippen LogP) is 2.56. The monoisotopic (exact) mass is 159 g/mol. The Kier molecular flexibility index (Phi) is 3.15. The molecule has 0 unspecified atom stereocenters. The first-order valence-corrected chi connectivity index (χ1v) is 3.98. The minimum Gasteiger partial charge on any atom is -0.398 e. The third kappa shape index (κ3) is 2.27. The molecule has 1 heteroatoms. The normalized spacial score (nSPS) is 12.2. The summed E-state index contributed by atoms with van der Waals surface area (Å²) in [6.45, 7) is 1.97. The van der Waals surface area contributed by atoms with Crippen LogP contribution in [0.2, 0.25) is 0 Å². The maximum atomic E-state index is 5.79. The lowest BCUT2D eigenvalue weighted by Gasteiger charge is -1.98. The first-order valence-electron chi connectivity index (χ1n) is 3.98. The van der Waals surface area contributed by atoms with Crippen molar-refractivity contribution in [2.75, 3.05) is 0 Å². The van der Waals surface area contributed by atoms with Gasteiger partial charge in [-0.25, -0.2) is 0 Å². The molecule has 0 saturated heterocycles. The lowest BCUT2D eigenvalue weighted by molar-refractivity contribution is 1.51. The summed E-state index contributed by atoms with van der Waals surface area (Å²) in [7, 11) is 0. The molecule has 1 rings (SSSR count). The fraction of sp³-hybridized carbons (Fsp3) is 0.0909. The fourth-order valence-electron chi connectivity index (χ4n) is 0.927. The summed E-state index contributed by atoms with van der Waals surface area (Å²) < 4.78 is 0. The molecule has 0 atom stereocenters. The van der Waals surface area contributed by atoms with Crippen molar-refractivity contribution in [1.82, 2.24) is 0 Å². The van der Waals surface area contributed by atoms with Gasteiger partial charge in [-0.05, 0) is 18.6 Å². The lowest BCUT2D eigenvalue weighted by Crippen LogP contribution is -1.94. The van der Waals surface area contributed by atoms with E-state index in [4.69, 9.17) is 5.73 Å². The molecule has 0 bridgehead atoms. The Morgan fingerprint density at radius 1 is 1.25 bits per heavy atom. The number of rotatable bonds is 2. The molecular formula is C11H13N. The minimum absolute atomic E-state index is 0.800. The van der Waals surface area contributed by atoms with Gasteiger partial charge in [0, 0.05) is 5.70 Å². The van der Waals surface area contributed by atoms with Crippen LogP contribution in [0, 0.1) is 0 Å². The van der Waals surface area contributed by atoms with Gasteiger partial charge in [-0.1, -0.05) is 42.5 Å². The summed E-state index contributed by atoms with van der Waals surface area (Å²) in [5.41, 5.74) is 7.66. The second-order valence-corrected chi connectivity index (χ2v) is 2.51. The highest BCUT2D eigenvalue weighted by molar-refractivity contribution is 5.63. The van der Waals surface area contributed by atoms with E-state index < -0.39 is 0 Å². The highest BCUT2D eigenvalue weighted by Gasteiger charge is 1.90. The van der Waals surface area contributed by atoms with Crippen LogP contribution in [0.15, 0.2) is 48.6 Å². The molecular weight excluding hydrogens is 146 g/mol. The summed E-state index contributed by atoms with van der Waals surface area (Å²) in [5, 5.41) is 0. The maximum absolute atomic E-state index is 5.79. The maximum Gasteiger partial charge on any atom is 0.0387 e. The second kappa shape index (κ2) is 4.39. The standard InChI is InChI=1S/C11H13N/c1-2-3-9-11(12)10-7-5-4-6-8-10/h2-9H,12H2,1H3. The van der Waals surface area contributed by atoms with Crippen molar-refractivity contribution in [3.63, 3.8) is 0 Å². The summed E-state index contributed by atoms with van der Waals surface area (Å²) in [5.74, 6) is 0. The van der Waals surface area contributed by atoms with Gasteiger partial charge >= 0.3 is 0 Å². The van der Waals surface area contributed by atoms with E-state index >= 15 is 0 Å². The quantitative estimate of drug-likeness (QED) is 0.659. The van der Waals surface area contributed by atoms with Gasteiger partial charge in [0.1, 0.15) is 0 Å². The van der Waals surface area contributed by atoms with Gasteiger partial charge in [-0.3, -0.25) is 0 Å². The topological polar surface area (TPSA) is 26.0 Å². The Morgan fingerprint density at radius 2 is 1.92 bits per heavy atom. The van der Waals surface area contributed by atoms with Crippen LogP contribution >= 0.6 is 0 Å². The van der Waals surface area contributed by atoms with Crippen molar-refractivity contribution in [3.05, 3.63) is 54.1 Å². The minimum atomic E-state index is 0.800. The number of hydrogen-bond donors (Lipinski definition) is 1. The first-order chi connectivity index (χ1) is 5.84. The first kappa shape index (κ1) is 8.60. The zero-order valence-corrected chi connectivity index (χ0v) is 7.20. The van der Waals surface area contributed by atoms with Crippen LogP contribution in [0.3, 0.4) is 0 Å². The van der Waals surface area contributed by atoms with E-state index in [0.29, 0.717) is 0 Å². The summed E-state index contributed by atoms with van der Waals surface area (Å²) in [4.78, 5) is 0. The molecule has 2 N–H and O–H groups in total. The largest absolute Gasteiger partial charge is 0.398 e. The average Bonchev–Trinajstić information content (AvgIpc) is 2.15. The van der Waals surface area contributed by atoms with Gasteiger partial charge in [-0.15, -0.1) is 0 Å². The van der Waals surface area contributed by atoms with Gasteiger partial charge < -0.3 is 5.73 Å². The Hall–Kier alpha value is -1.50. The molecule has 0 aliphatic carbocycles. The van der Waals surface area contributed by atoms with E-state index in [0.717, 1.165) is 11.3 Å². The van der Waals surface area contributed by atoms with Gasteiger partial charge in [0.2, 0.25) is 0 Å². The molecule has 62 valence electrons. The number of benzene rings is 1. The molecule has 1 aromatic rings. The van der Waals surface area contributed by atoms with E-state index in [1.54, 1.807) is 0 Å². The molecule has 0 radical (unpaired) electrons. The summed E-state index contributed by atoms with van der Waals surface area (Å²) in [6, 6.07) is 9.93. The van der Waals surface area contributed by atoms with Gasteiger partial charge in [0.05, 0.1) is 0 Å². The van der Waals surface area contributed by atoms with Crippen molar-refractivity contribution >= 4 is 5.70 Å². The molecule has 1 nitrogen and oxygen atoms in total. The van der Waals surface area contributed by atoms with Crippen LogP contribution in [-0.2, 0) is 0 Å². The molecule has 12 heavy (non-hydrogen) atoms. The molecule has 0 heterocycles. The van der Waals surface area contributed by atoms with E-state index in [2.05, 4.69) is 0 Å². The van der Waals surface area contributed by atoms with Crippen LogP contribution in [0.1, 0.15) is 12.5 Å². The van der Waals surface area contributed by atoms with E-state index in [1.807, 2.05) is 55.5 Å². The Balaban J connectivity index is 2.85. The van der Waals surface area contributed by atoms with Crippen molar-refractivity contribution < 1.29 is 0 Å². The van der Waals surface area contributed by atoms with Crippen LogP contribution in [0.4, 0.5) is 0 Å². The van der Waals surface area contributed by atoms with Crippen LogP contribution < -0.4 is 5.73 Å². The average molecular weight is 159 g/mol. The highest BCUT2D eigenvalue weighted by Crippen LogP contribution is 2.07. The van der Waals surface area contributed by atoms with Crippen LogP contribution in [-0.4, -0.2) is 0 Å². The Morgan fingerprint density at radius 3 is 2.50 bits per heavy atom. The second-order valence-electron chi connectivity index (χ2n) is 2.51. The molecule has 0 aliphatic rings. The summed E-state index contributed by atoms with van der Waals surface area (Å²) in [6.07, 6.45) is 5.79. The molecule has 0 aromatic heterocycles. The lowest BCUT2D eigenvalue weighted by atomic mass is 10.1. The molecule has 0 aliphatic heterocycles. The van der Waals surface area contributed by atoms with Crippen LogP contribution in [0.25, 0.3) is 5.70 Å². The van der Waals surface area contributed by atoms with E-state index in [-0.39, 0.29) is 0 Å². The smallest absolute Gasteiger partial charge is 0.0387 e. The van der Waals surface area contributed by atoms with E-state index in [9.17, 15) is 0 Å². The third-order valence-electron chi connectivity index (χ3n) is 1.58. The number of hydrogen-bond acceptors (Lipinski definition) is 1. The zero-order valence-electron chi connectivity index (χ0n) is 7.20. The number of nitrogens with two attached hydrogens (primary N) is 1. The van der Waals surface area contributed by atoms with Crippen molar-refractivity contribution in [2.24, 2.45) is 5.73 Å².